The van der Waals surface area contributed by atoms with Gasteiger partial charge in [0.05, 0.1) is 12.8 Å². The number of hydrogen-bond acceptors (Lipinski definition) is 5. The van der Waals surface area contributed by atoms with Gasteiger partial charge in [0.2, 0.25) is 5.88 Å². The van der Waals surface area contributed by atoms with E-state index in [-0.39, 0.29) is 0 Å². The normalized spacial score (nSPS) is 10.7. The van der Waals surface area contributed by atoms with Gasteiger partial charge in [0, 0.05) is 18.8 Å². The van der Waals surface area contributed by atoms with Crippen molar-refractivity contribution in [2.75, 3.05) is 12.8 Å². The first-order valence-electron chi connectivity index (χ1n) is 6.28. The lowest BCUT2D eigenvalue weighted by Gasteiger charge is -2.07. The fraction of sp³-hybridized carbons (Fsp3) is 0.462. The SMILES string of the molecule is CCCc1cc(N)nc(-c2c(C)nn(C)c2OC)n1. The maximum Gasteiger partial charge on any atom is 0.222 e. The Balaban J connectivity index is 2.58. The van der Waals surface area contributed by atoms with E-state index in [2.05, 4.69) is 22.0 Å². The van der Waals surface area contributed by atoms with Gasteiger partial charge in [-0.2, -0.15) is 5.10 Å². The summed E-state index contributed by atoms with van der Waals surface area (Å²) in [6.07, 6.45) is 1.89. The van der Waals surface area contributed by atoms with Gasteiger partial charge in [-0.25, -0.2) is 14.6 Å². The third-order valence-corrected chi connectivity index (χ3v) is 2.89. The molecule has 0 unspecified atom stereocenters. The Morgan fingerprint density at radius 1 is 1.37 bits per heavy atom. The van der Waals surface area contributed by atoms with Gasteiger partial charge in [0.1, 0.15) is 11.4 Å². The lowest BCUT2D eigenvalue weighted by molar-refractivity contribution is 0.374. The molecular weight excluding hydrogens is 242 g/mol. The summed E-state index contributed by atoms with van der Waals surface area (Å²) in [7, 11) is 3.44. The molecular formula is C13H19N5O. The second-order valence-electron chi connectivity index (χ2n) is 4.45. The molecule has 6 nitrogen and oxygen atoms in total. The summed E-state index contributed by atoms with van der Waals surface area (Å²) in [5, 5.41) is 4.33. The first-order chi connectivity index (χ1) is 9.06. The van der Waals surface area contributed by atoms with E-state index in [9.17, 15) is 0 Å². The van der Waals surface area contributed by atoms with Crippen LogP contribution in [0.5, 0.6) is 5.88 Å². The molecule has 0 saturated heterocycles. The van der Waals surface area contributed by atoms with E-state index < -0.39 is 0 Å². The van der Waals surface area contributed by atoms with Crippen LogP contribution in [0.25, 0.3) is 11.4 Å². The highest BCUT2D eigenvalue weighted by atomic mass is 16.5. The lowest BCUT2D eigenvalue weighted by Crippen LogP contribution is -2.02. The Bertz CT molecular complexity index is 591. The van der Waals surface area contributed by atoms with Crippen molar-refractivity contribution in [2.45, 2.75) is 26.7 Å². The van der Waals surface area contributed by atoms with Crippen LogP contribution in [0, 0.1) is 6.92 Å². The van der Waals surface area contributed by atoms with Gasteiger partial charge in [0.15, 0.2) is 5.82 Å². The number of aromatic nitrogens is 4. The number of aryl methyl sites for hydroxylation is 3. The molecule has 2 rings (SSSR count). The Kier molecular flexibility index (Phi) is 3.69. The average molecular weight is 261 g/mol. The monoisotopic (exact) mass is 261 g/mol. The Morgan fingerprint density at radius 3 is 2.74 bits per heavy atom. The second kappa shape index (κ2) is 5.26. The topological polar surface area (TPSA) is 78.8 Å². The molecule has 0 radical (unpaired) electrons. The van der Waals surface area contributed by atoms with E-state index in [0.29, 0.717) is 17.5 Å². The van der Waals surface area contributed by atoms with Crippen LogP contribution in [0.1, 0.15) is 24.7 Å². The molecule has 0 bridgehead atoms. The standard InChI is InChI=1S/C13H19N5O/c1-5-6-9-7-10(14)16-12(15-9)11-8(2)17-18(3)13(11)19-4/h7H,5-6H2,1-4H3,(H2,14,15,16). The highest BCUT2D eigenvalue weighted by Gasteiger charge is 2.19. The minimum atomic E-state index is 0.471. The average Bonchev–Trinajstić information content (AvgIpc) is 2.63. The first-order valence-corrected chi connectivity index (χ1v) is 6.28. The summed E-state index contributed by atoms with van der Waals surface area (Å²) in [5.41, 5.74) is 8.42. The van der Waals surface area contributed by atoms with Crippen LogP contribution in [-0.4, -0.2) is 26.9 Å². The molecule has 2 N–H and O–H groups in total. The number of anilines is 1. The van der Waals surface area contributed by atoms with Crippen LogP contribution in [-0.2, 0) is 13.5 Å². The van der Waals surface area contributed by atoms with Crippen LogP contribution in [0.2, 0.25) is 0 Å². The first kappa shape index (κ1) is 13.3. The number of methoxy groups -OCH3 is 1. The highest BCUT2D eigenvalue weighted by Crippen LogP contribution is 2.30. The van der Waals surface area contributed by atoms with Crippen LogP contribution >= 0.6 is 0 Å². The summed E-state index contributed by atoms with van der Waals surface area (Å²) in [4.78, 5) is 8.85. The Hall–Kier alpha value is -2.11. The minimum Gasteiger partial charge on any atom is -0.481 e. The van der Waals surface area contributed by atoms with E-state index in [1.165, 1.54) is 0 Å². The summed E-state index contributed by atoms with van der Waals surface area (Å²) >= 11 is 0. The van der Waals surface area contributed by atoms with E-state index in [0.717, 1.165) is 29.8 Å². The van der Waals surface area contributed by atoms with Crippen molar-refractivity contribution < 1.29 is 4.74 Å². The van der Waals surface area contributed by atoms with Crippen LogP contribution in [0.3, 0.4) is 0 Å². The predicted molar refractivity (Wildman–Crippen MR) is 73.9 cm³/mol. The molecule has 0 saturated carbocycles. The summed E-state index contributed by atoms with van der Waals surface area (Å²) in [6, 6.07) is 1.81. The van der Waals surface area contributed by atoms with Crippen molar-refractivity contribution in [3.05, 3.63) is 17.5 Å². The number of nitrogens with zero attached hydrogens (tertiary/aromatic N) is 4. The number of rotatable bonds is 4. The zero-order chi connectivity index (χ0) is 14.0. The molecule has 0 amide bonds. The van der Waals surface area contributed by atoms with E-state index in [4.69, 9.17) is 10.5 Å². The van der Waals surface area contributed by atoms with E-state index in [1.807, 2.05) is 20.0 Å². The predicted octanol–water partition coefficient (Wildman–Crippen LogP) is 1.73. The number of ether oxygens (including phenoxy) is 1. The van der Waals surface area contributed by atoms with Crippen molar-refractivity contribution >= 4 is 5.82 Å². The molecule has 0 aliphatic heterocycles. The number of hydrogen-bond donors (Lipinski definition) is 1. The largest absolute Gasteiger partial charge is 0.481 e. The summed E-state index contributed by atoms with van der Waals surface area (Å²) < 4.78 is 7.05. The van der Waals surface area contributed by atoms with Crippen molar-refractivity contribution in [1.29, 1.82) is 0 Å². The van der Waals surface area contributed by atoms with Gasteiger partial charge < -0.3 is 10.5 Å². The Morgan fingerprint density at radius 2 is 2.11 bits per heavy atom. The van der Waals surface area contributed by atoms with E-state index in [1.54, 1.807) is 11.8 Å². The molecule has 0 spiro atoms. The van der Waals surface area contributed by atoms with Crippen molar-refractivity contribution in [2.24, 2.45) is 7.05 Å². The molecule has 2 heterocycles. The van der Waals surface area contributed by atoms with Crippen LogP contribution < -0.4 is 10.5 Å². The van der Waals surface area contributed by atoms with Gasteiger partial charge >= 0.3 is 0 Å². The second-order valence-corrected chi connectivity index (χ2v) is 4.45. The summed E-state index contributed by atoms with van der Waals surface area (Å²) in [6.45, 7) is 4.01. The maximum absolute atomic E-state index is 5.86. The van der Waals surface area contributed by atoms with Crippen molar-refractivity contribution in [3.63, 3.8) is 0 Å². The number of nitrogen functional groups attached to an aromatic ring is 1. The zero-order valence-electron chi connectivity index (χ0n) is 11.8. The van der Waals surface area contributed by atoms with Gasteiger partial charge in [-0.05, 0) is 13.3 Å². The molecule has 6 heteroatoms. The van der Waals surface area contributed by atoms with Gasteiger partial charge in [-0.15, -0.1) is 0 Å². The van der Waals surface area contributed by atoms with Crippen LogP contribution in [0.4, 0.5) is 5.82 Å². The quantitative estimate of drug-likeness (QED) is 0.906. The summed E-state index contributed by atoms with van der Waals surface area (Å²) in [5.74, 6) is 1.69. The smallest absolute Gasteiger partial charge is 0.222 e. The molecule has 2 aromatic rings. The highest BCUT2D eigenvalue weighted by molar-refractivity contribution is 5.66. The van der Waals surface area contributed by atoms with Gasteiger partial charge in [-0.1, -0.05) is 13.3 Å². The molecule has 0 fully saturated rings. The molecule has 0 aromatic carbocycles. The zero-order valence-corrected chi connectivity index (χ0v) is 11.8. The molecule has 0 atom stereocenters. The Labute approximate surface area is 112 Å². The fourth-order valence-corrected chi connectivity index (χ4v) is 2.14. The molecule has 0 aliphatic carbocycles. The van der Waals surface area contributed by atoms with E-state index >= 15 is 0 Å². The van der Waals surface area contributed by atoms with Gasteiger partial charge in [-0.3, -0.25) is 0 Å². The number of nitrogens with two attached hydrogens (primary N) is 1. The molecule has 102 valence electrons. The molecule has 19 heavy (non-hydrogen) atoms. The maximum atomic E-state index is 5.86. The minimum absolute atomic E-state index is 0.471. The van der Waals surface area contributed by atoms with Crippen molar-refractivity contribution in [3.8, 4) is 17.3 Å². The van der Waals surface area contributed by atoms with Crippen LogP contribution in [0.15, 0.2) is 6.07 Å². The fourth-order valence-electron chi connectivity index (χ4n) is 2.14. The molecule has 2 aromatic heterocycles. The van der Waals surface area contributed by atoms with Gasteiger partial charge in [0.25, 0.3) is 0 Å². The molecule has 0 aliphatic rings. The third kappa shape index (κ3) is 2.52. The third-order valence-electron chi connectivity index (χ3n) is 2.89. The lowest BCUT2D eigenvalue weighted by atomic mass is 10.2. The van der Waals surface area contributed by atoms with Crippen molar-refractivity contribution in [1.82, 2.24) is 19.7 Å².